The van der Waals surface area contributed by atoms with Gasteiger partial charge in [0.05, 0.1) is 6.54 Å². The summed E-state index contributed by atoms with van der Waals surface area (Å²) >= 11 is 0. The molecule has 1 saturated carbocycles. The van der Waals surface area contributed by atoms with E-state index in [1.54, 1.807) is 0 Å². The van der Waals surface area contributed by atoms with Crippen LogP contribution in [0.3, 0.4) is 0 Å². The zero-order valence-electron chi connectivity index (χ0n) is 12.3. The molecule has 1 amide bonds. The van der Waals surface area contributed by atoms with Crippen LogP contribution >= 0.6 is 0 Å². The van der Waals surface area contributed by atoms with E-state index in [1.807, 2.05) is 24.3 Å². The Labute approximate surface area is 121 Å². The van der Waals surface area contributed by atoms with Gasteiger partial charge in [0.15, 0.2) is 0 Å². The van der Waals surface area contributed by atoms with Crippen molar-refractivity contribution in [3.8, 4) is 0 Å². The van der Waals surface area contributed by atoms with Crippen LogP contribution in [0.4, 0.5) is 5.69 Å². The Hall–Kier alpha value is -1.55. The van der Waals surface area contributed by atoms with E-state index in [9.17, 15) is 4.79 Å². The molecule has 1 aliphatic carbocycles. The van der Waals surface area contributed by atoms with Crippen LogP contribution in [0.1, 0.15) is 38.2 Å². The van der Waals surface area contributed by atoms with Gasteiger partial charge in [0.2, 0.25) is 5.91 Å². The quantitative estimate of drug-likeness (QED) is 0.835. The standard InChI is InChI=1S/C16H25N3O/c1-2-19(15-9-7-13(11-17)8-10-15)12-16(20)18-14-5-3-4-6-14/h7-10,14H,2-6,11-12,17H2,1H3,(H,18,20). The lowest BCUT2D eigenvalue weighted by Crippen LogP contribution is -2.41. The van der Waals surface area contributed by atoms with Crippen LogP contribution in [-0.2, 0) is 11.3 Å². The van der Waals surface area contributed by atoms with Gasteiger partial charge < -0.3 is 16.0 Å². The SMILES string of the molecule is CCN(CC(=O)NC1CCCC1)c1ccc(CN)cc1. The first-order valence-corrected chi connectivity index (χ1v) is 7.56. The van der Waals surface area contributed by atoms with Crippen LogP contribution in [0.5, 0.6) is 0 Å². The number of nitrogens with two attached hydrogens (primary N) is 1. The molecule has 0 radical (unpaired) electrons. The molecule has 0 heterocycles. The van der Waals surface area contributed by atoms with Crippen molar-refractivity contribution in [2.45, 2.75) is 45.2 Å². The average Bonchev–Trinajstić information content (AvgIpc) is 2.97. The molecule has 1 aromatic carbocycles. The third-order valence-corrected chi connectivity index (χ3v) is 3.97. The normalized spacial score (nSPS) is 15.3. The lowest BCUT2D eigenvalue weighted by Gasteiger charge is -2.23. The van der Waals surface area contributed by atoms with Crippen LogP contribution in [0.25, 0.3) is 0 Å². The molecular formula is C16H25N3O. The lowest BCUT2D eigenvalue weighted by atomic mass is 10.2. The summed E-state index contributed by atoms with van der Waals surface area (Å²) in [5, 5.41) is 3.14. The van der Waals surface area contributed by atoms with E-state index < -0.39 is 0 Å². The van der Waals surface area contributed by atoms with Gasteiger partial charge in [0, 0.05) is 24.8 Å². The Morgan fingerprint density at radius 1 is 1.30 bits per heavy atom. The second-order valence-electron chi connectivity index (χ2n) is 5.43. The summed E-state index contributed by atoms with van der Waals surface area (Å²) in [5.74, 6) is 0.127. The minimum Gasteiger partial charge on any atom is -0.363 e. The summed E-state index contributed by atoms with van der Waals surface area (Å²) in [6, 6.07) is 8.50. The summed E-state index contributed by atoms with van der Waals surface area (Å²) in [6.45, 7) is 3.86. The Morgan fingerprint density at radius 3 is 2.50 bits per heavy atom. The Morgan fingerprint density at radius 2 is 1.95 bits per heavy atom. The molecule has 4 nitrogen and oxygen atoms in total. The number of rotatable bonds is 6. The second-order valence-corrected chi connectivity index (χ2v) is 5.43. The number of anilines is 1. The topological polar surface area (TPSA) is 58.4 Å². The molecular weight excluding hydrogens is 250 g/mol. The van der Waals surface area contributed by atoms with Crippen LogP contribution in [0.2, 0.25) is 0 Å². The molecule has 0 aliphatic heterocycles. The minimum absolute atomic E-state index is 0.127. The first-order chi connectivity index (χ1) is 9.72. The fourth-order valence-corrected chi connectivity index (χ4v) is 2.75. The van der Waals surface area contributed by atoms with Crippen molar-refractivity contribution >= 4 is 11.6 Å². The van der Waals surface area contributed by atoms with E-state index in [0.717, 1.165) is 30.6 Å². The second kappa shape index (κ2) is 7.29. The van der Waals surface area contributed by atoms with Gasteiger partial charge in [-0.25, -0.2) is 0 Å². The van der Waals surface area contributed by atoms with Crippen LogP contribution < -0.4 is 16.0 Å². The smallest absolute Gasteiger partial charge is 0.239 e. The van der Waals surface area contributed by atoms with E-state index in [4.69, 9.17) is 5.73 Å². The number of carbonyl (C=O) groups excluding carboxylic acids is 1. The number of nitrogens with one attached hydrogen (secondary N) is 1. The van der Waals surface area contributed by atoms with Crippen LogP contribution in [0.15, 0.2) is 24.3 Å². The molecule has 0 aromatic heterocycles. The average molecular weight is 275 g/mol. The summed E-state index contributed by atoms with van der Waals surface area (Å²) in [5.41, 5.74) is 7.79. The van der Waals surface area contributed by atoms with Crippen molar-refractivity contribution in [2.24, 2.45) is 5.73 Å². The Kier molecular flexibility index (Phi) is 5.41. The van der Waals surface area contributed by atoms with Crippen molar-refractivity contribution < 1.29 is 4.79 Å². The molecule has 0 spiro atoms. The maximum absolute atomic E-state index is 12.1. The highest BCUT2D eigenvalue weighted by Gasteiger charge is 2.18. The predicted molar refractivity (Wildman–Crippen MR) is 82.6 cm³/mol. The van der Waals surface area contributed by atoms with Crippen molar-refractivity contribution in [3.63, 3.8) is 0 Å². The predicted octanol–water partition coefficient (Wildman–Crippen LogP) is 2.03. The number of carbonyl (C=O) groups is 1. The maximum Gasteiger partial charge on any atom is 0.239 e. The minimum atomic E-state index is 0.127. The van der Waals surface area contributed by atoms with Gasteiger partial charge in [-0.05, 0) is 37.5 Å². The van der Waals surface area contributed by atoms with Crippen molar-refractivity contribution in [1.29, 1.82) is 0 Å². The van der Waals surface area contributed by atoms with Crippen LogP contribution in [0, 0.1) is 0 Å². The fourth-order valence-electron chi connectivity index (χ4n) is 2.75. The molecule has 4 heteroatoms. The van der Waals surface area contributed by atoms with Crippen molar-refractivity contribution in [3.05, 3.63) is 29.8 Å². The number of nitrogens with zero attached hydrogens (tertiary/aromatic N) is 1. The van der Waals surface area contributed by atoms with Gasteiger partial charge in [-0.1, -0.05) is 25.0 Å². The van der Waals surface area contributed by atoms with E-state index in [1.165, 1.54) is 12.8 Å². The van der Waals surface area contributed by atoms with Gasteiger partial charge >= 0.3 is 0 Å². The summed E-state index contributed by atoms with van der Waals surface area (Å²) in [4.78, 5) is 14.2. The Bertz CT molecular complexity index is 424. The number of hydrogen-bond acceptors (Lipinski definition) is 3. The first kappa shape index (κ1) is 14.9. The van der Waals surface area contributed by atoms with Crippen LogP contribution in [-0.4, -0.2) is 25.0 Å². The summed E-state index contributed by atoms with van der Waals surface area (Å²) in [6.07, 6.45) is 4.73. The van der Waals surface area contributed by atoms with Crippen molar-refractivity contribution in [1.82, 2.24) is 5.32 Å². The van der Waals surface area contributed by atoms with Gasteiger partial charge in [-0.3, -0.25) is 4.79 Å². The third-order valence-electron chi connectivity index (χ3n) is 3.97. The maximum atomic E-state index is 12.1. The highest BCUT2D eigenvalue weighted by Crippen LogP contribution is 2.18. The van der Waals surface area contributed by atoms with Crippen molar-refractivity contribution in [2.75, 3.05) is 18.0 Å². The number of likely N-dealkylation sites (N-methyl/N-ethyl adjacent to an activating group) is 1. The fraction of sp³-hybridized carbons (Fsp3) is 0.562. The van der Waals surface area contributed by atoms with Gasteiger partial charge in [-0.15, -0.1) is 0 Å². The monoisotopic (exact) mass is 275 g/mol. The number of hydrogen-bond donors (Lipinski definition) is 2. The Balaban J connectivity index is 1.91. The molecule has 1 aliphatic rings. The van der Waals surface area contributed by atoms with Gasteiger partial charge in [0.1, 0.15) is 0 Å². The largest absolute Gasteiger partial charge is 0.363 e. The molecule has 0 bridgehead atoms. The molecule has 3 N–H and O–H groups in total. The zero-order chi connectivity index (χ0) is 14.4. The molecule has 2 rings (SSSR count). The number of amides is 1. The molecule has 1 fully saturated rings. The van der Waals surface area contributed by atoms with Gasteiger partial charge in [-0.2, -0.15) is 0 Å². The summed E-state index contributed by atoms with van der Waals surface area (Å²) in [7, 11) is 0. The van der Waals surface area contributed by atoms with E-state index in [2.05, 4.69) is 17.1 Å². The number of benzene rings is 1. The van der Waals surface area contributed by atoms with Gasteiger partial charge in [0.25, 0.3) is 0 Å². The highest BCUT2D eigenvalue weighted by molar-refractivity contribution is 5.81. The highest BCUT2D eigenvalue weighted by atomic mass is 16.2. The molecule has 20 heavy (non-hydrogen) atoms. The van der Waals surface area contributed by atoms with E-state index in [-0.39, 0.29) is 5.91 Å². The third kappa shape index (κ3) is 3.97. The molecule has 1 aromatic rings. The van der Waals surface area contributed by atoms with E-state index >= 15 is 0 Å². The molecule has 0 saturated heterocycles. The lowest BCUT2D eigenvalue weighted by molar-refractivity contribution is -0.120. The molecule has 0 unspecified atom stereocenters. The molecule has 110 valence electrons. The molecule has 0 atom stereocenters. The first-order valence-electron chi connectivity index (χ1n) is 7.56. The summed E-state index contributed by atoms with van der Waals surface area (Å²) < 4.78 is 0. The zero-order valence-corrected chi connectivity index (χ0v) is 12.3. The van der Waals surface area contributed by atoms with E-state index in [0.29, 0.717) is 19.1 Å².